The van der Waals surface area contributed by atoms with Crippen LogP contribution in [-0.4, -0.2) is 42.1 Å². The fourth-order valence-electron chi connectivity index (χ4n) is 3.27. The molecule has 0 spiro atoms. The van der Waals surface area contributed by atoms with Crippen molar-refractivity contribution in [3.05, 3.63) is 102 Å². The molecule has 3 aromatic carbocycles. The first-order valence-corrected chi connectivity index (χ1v) is 10.5. The number of hydrogen-bond donors (Lipinski definition) is 2. The van der Waals surface area contributed by atoms with Gasteiger partial charge in [-0.1, -0.05) is 72.8 Å². The second kappa shape index (κ2) is 9.29. The summed E-state index contributed by atoms with van der Waals surface area (Å²) in [6, 6.07) is 25.4. The number of H-pyrrole nitrogens is 2. The minimum atomic E-state index is -0.659. The summed E-state index contributed by atoms with van der Waals surface area (Å²) in [6.45, 7) is 0. The highest BCUT2D eigenvalue weighted by atomic mass is 16.5. The zero-order valence-electron chi connectivity index (χ0n) is 17.8. The van der Waals surface area contributed by atoms with Crippen molar-refractivity contribution in [2.24, 2.45) is 0 Å². The van der Waals surface area contributed by atoms with E-state index in [9.17, 15) is 9.59 Å². The average Bonchev–Trinajstić information content (AvgIpc) is 3.57. The number of benzene rings is 3. The fraction of sp³-hybridized carbons (Fsp3) is 0.0400. The van der Waals surface area contributed by atoms with Crippen molar-refractivity contribution in [1.29, 1.82) is 0 Å². The zero-order chi connectivity index (χ0) is 23.3. The molecular formula is C25H18N6O3. The van der Waals surface area contributed by atoms with Gasteiger partial charge in [0.2, 0.25) is 11.6 Å². The molecule has 34 heavy (non-hydrogen) atoms. The number of carbonyl (C=O) groups is 2. The van der Waals surface area contributed by atoms with Gasteiger partial charge in [0.15, 0.2) is 17.5 Å². The molecule has 5 aromatic rings. The van der Waals surface area contributed by atoms with Gasteiger partial charge in [-0.25, -0.2) is 14.8 Å². The van der Waals surface area contributed by atoms with Gasteiger partial charge in [-0.05, 0) is 17.7 Å². The third-order valence-electron chi connectivity index (χ3n) is 4.99. The van der Waals surface area contributed by atoms with Crippen molar-refractivity contribution in [3.8, 4) is 28.5 Å². The van der Waals surface area contributed by atoms with Crippen molar-refractivity contribution in [3.63, 3.8) is 0 Å². The maximum absolute atomic E-state index is 12.6. The van der Waals surface area contributed by atoms with Crippen LogP contribution in [0.15, 0.2) is 84.9 Å². The Morgan fingerprint density at radius 2 is 1.21 bits per heavy atom. The summed E-state index contributed by atoms with van der Waals surface area (Å²) in [6.07, 6.45) is 0.125. The monoisotopic (exact) mass is 450 g/mol. The Balaban J connectivity index is 1.20. The van der Waals surface area contributed by atoms with Crippen LogP contribution in [0.2, 0.25) is 0 Å². The topological polar surface area (TPSA) is 127 Å². The van der Waals surface area contributed by atoms with Crippen LogP contribution in [0.25, 0.3) is 22.8 Å². The van der Waals surface area contributed by atoms with Crippen molar-refractivity contribution in [1.82, 2.24) is 30.4 Å². The van der Waals surface area contributed by atoms with Crippen LogP contribution in [0.1, 0.15) is 26.8 Å². The fourth-order valence-corrected chi connectivity index (χ4v) is 3.27. The first-order chi connectivity index (χ1) is 16.7. The van der Waals surface area contributed by atoms with Crippen molar-refractivity contribution in [2.45, 2.75) is 6.42 Å². The van der Waals surface area contributed by atoms with E-state index in [0.29, 0.717) is 17.4 Å². The lowest BCUT2D eigenvalue weighted by Crippen LogP contribution is -2.11. The molecule has 0 amide bonds. The standard InChI is InChI=1S/C25H18N6O3/c32-20(23-26-21(28-30-23)17-7-3-1-4-8-17)15-16-11-13-19(14-12-16)34-25(33)24-27-22(29-31-24)18-9-5-2-6-10-18/h1-14H,15H2,(H,26,28,30)(H,27,29,31). The Kier molecular flexibility index (Phi) is 5.73. The van der Waals surface area contributed by atoms with Gasteiger partial charge in [0, 0.05) is 17.5 Å². The number of nitrogens with zero attached hydrogens (tertiary/aromatic N) is 4. The summed E-state index contributed by atoms with van der Waals surface area (Å²) in [4.78, 5) is 33.5. The molecule has 0 aliphatic heterocycles. The van der Waals surface area contributed by atoms with Gasteiger partial charge in [-0.3, -0.25) is 15.0 Å². The molecule has 9 heteroatoms. The van der Waals surface area contributed by atoms with Crippen LogP contribution in [0, 0.1) is 0 Å². The first-order valence-electron chi connectivity index (χ1n) is 10.5. The Morgan fingerprint density at radius 3 is 1.79 bits per heavy atom. The quantitative estimate of drug-likeness (QED) is 0.219. The predicted molar refractivity (Wildman–Crippen MR) is 123 cm³/mol. The summed E-state index contributed by atoms with van der Waals surface area (Å²) >= 11 is 0. The SMILES string of the molecule is O=C(Cc1ccc(OC(=O)c2nc(-c3ccccc3)n[nH]2)cc1)c1nc(-c2ccccc2)n[nH]1. The maximum atomic E-state index is 12.6. The molecule has 0 radical (unpaired) electrons. The molecule has 2 aromatic heterocycles. The number of aromatic amines is 2. The number of Topliss-reactive ketones (excluding diaryl/α,β-unsaturated/α-hetero) is 1. The number of rotatable bonds is 7. The van der Waals surface area contributed by atoms with Gasteiger partial charge in [0.1, 0.15) is 5.75 Å². The smallest absolute Gasteiger partial charge is 0.381 e. The van der Waals surface area contributed by atoms with Crippen LogP contribution in [0.4, 0.5) is 0 Å². The summed E-state index contributed by atoms with van der Waals surface area (Å²) in [5.74, 6) is 0.526. The minimum absolute atomic E-state index is 0.00218. The molecule has 0 saturated heterocycles. The second-order valence-corrected chi connectivity index (χ2v) is 7.38. The number of aromatic nitrogens is 6. The molecule has 5 rings (SSSR count). The summed E-state index contributed by atoms with van der Waals surface area (Å²) < 4.78 is 5.36. The molecule has 0 fully saturated rings. The van der Waals surface area contributed by atoms with Crippen molar-refractivity contribution < 1.29 is 14.3 Å². The predicted octanol–water partition coefficient (Wildman–Crippen LogP) is 3.90. The lowest BCUT2D eigenvalue weighted by molar-refractivity contribution is 0.0722. The third kappa shape index (κ3) is 4.63. The highest BCUT2D eigenvalue weighted by Gasteiger charge is 2.16. The second-order valence-electron chi connectivity index (χ2n) is 7.38. The number of nitrogens with one attached hydrogen (secondary N) is 2. The third-order valence-corrected chi connectivity index (χ3v) is 4.99. The molecule has 0 bridgehead atoms. The molecule has 0 saturated carbocycles. The molecule has 166 valence electrons. The van der Waals surface area contributed by atoms with Crippen molar-refractivity contribution >= 4 is 11.8 Å². The Labute approximate surface area is 193 Å². The lowest BCUT2D eigenvalue weighted by Gasteiger charge is -2.03. The number of hydrogen-bond acceptors (Lipinski definition) is 7. The van der Waals surface area contributed by atoms with E-state index in [2.05, 4.69) is 30.4 Å². The van der Waals surface area contributed by atoms with Gasteiger partial charge in [-0.15, -0.1) is 0 Å². The van der Waals surface area contributed by atoms with Gasteiger partial charge in [0.05, 0.1) is 0 Å². The maximum Gasteiger partial charge on any atom is 0.381 e. The normalized spacial score (nSPS) is 10.7. The van der Waals surface area contributed by atoms with E-state index in [4.69, 9.17) is 4.74 Å². The Bertz CT molecular complexity index is 1320. The van der Waals surface area contributed by atoms with E-state index in [1.54, 1.807) is 24.3 Å². The van der Waals surface area contributed by atoms with E-state index in [0.717, 1.165) is 16.7 Å². The highest BCUT2D eigenvalue weighted by molar-refractivity contribution is 5.94. The zero-order valence-corrected chi connectivity index (χ0v) is 17.8. The molecule has 2 N–H and O–H groups in total. The van der Waals surface area contributed by atoms with Crippen LogP contribution in [-0.2, 0) is 6.42 Å². The van der Waals surface area contributed by atoms with Crippen molar-refractivity contribution in [2.75, 3.05) is 0 Å². The van der Waals surface area contributed by atoms with Crippen LogP contribution >= 0.6 is 0 Å². The molecule has 9 nitrogen and oxygen atoms in total. The van der Waals surface area contributed by atoms with Crippen LogP contribution < -0.4 is 4.74 Å². The Hall–Kier alpha value is -4.92. The summed E-state index contributed by atoms with van der Waals surface area (Å²) in [5.41, 5.74) is 2.36. The van der Waals surface area contributed by atoms with E-state index >= 15 is 0 Å². The number of carbonyl (C=O) groups excluding carboxylic acids is 2. The van der Waals surface area contributed by atoms with E-state index in [-0.39, 0.29) is 23.9 Å². The molecule has 0 unspecified atom stereocenters. The minimum Gasteiger partial charge on any atom is -0.421 e. The largest absolute Gasteiger partial charge is 0.421 e. The highest BCUT2D eigenvalue weighted by Crippen LogP contribution is 2.18. The van der Waals surface area contributed by atoms with E-state index in [1.165, 1.54) is 0 Å². The number of ketones is 1. The first kappa shape index (κ1) is 21.0. The Morgan fingerprint density at radius 1 is 0.676 bits per heavy atom. The van der Waals surface area contributed by atoms with Gasteiger partial charge >= 0.3 is 5.97 Å². The van der Waals surface area contributed by atoms with Crippen LogP contribution in [0.5, 0.6) is 5.75 Å². The van der Waals surface area contributed by atoms with Gasteiger partial charge < -0.3 is 4.74 Å². The molecular weight excluding hydrogens is 432 g/mol. The van der Waals surface area contributed by atoms with E-state index < -0.39 is 5.97 Å². The average molecular weight is 450 g/mol. The van der Waals surface area contributed by atoms with Gasteiger partial charge in [-0.2, -0.15) is 10.2 Å². The molecule has 0 atom stereocenters. The molecule has 0 aliphatic rings. The number of esters is 1. The summed E-state index contributed by atoms with van der Waals surface area (Å²) in [5, 5.41) is 13.5. The molecule has 2 heterocycles. The summed E-state index contributed by atoms with van der Waals surface area (Å²) in [7, 11) is 0. The van der Waals surface area contributed by atoms with Gasteiger partial charge in [0.25, 0.3) is 0 Å². The van der Waals surface area contributed by atoms with E-state index in [1.807, 2.05) is 60.7 Å². The number of ether oxygens (including phenoxy) is 1. The lowest BCUT2D eigenvalue weighted by atomic mass is 10.1. The molecule has 0 aliphatic carbocycles. The van der Waals surface area contributed by atoms with Crippen LogP contribution in [0.3, 0.4) is 0 Å².